The molecule has 3 aromatic rings. The Bertz CT molecular complexity index is 1000. The summed E-state index contributed by atoms with van der Waals surface area (Å²) < 4.78 is 8.19. The molecule has 1 saturated carbocycles. The first-order valence-electron chi connectivity index (χ1n) is 9.57. The Labute approximate surface area is 177 Å². The van der Waals surface area contributed by atoms with Gasteiger partial charge in [0.05, 0.1) is 19.0 Å². The van der Waals surface area contributed by atoms with Gasteiger partial charge in [0, 0.05) is 28.4 Å². The van der Waals surface area contributed by atoms with E-state index in [1.165, 1.54) is 0 Å². The Morgan fingerprint density at radius 2 is 2.00 bits per heavy atom. The number of primary amides is 1. The van der Waals surface area contributed by atoms with E-state index in [0.717, 1.165) is 46.6 Å². The number of carbonyl (C=O) groups excluding carboxylic acids is 1. The number of benzene rings is 1. The van der Waals surface area contributed by atoms with Crippen molar-refractivity contribution in [3.63, 3.8) is 0 Å². The van der Waals surface area contributed by atoms with Crippen LogP contribution in [-0.2, 0) is 11.2 Å². The molecule has 0 radical (unpaired) electrons. The number of nitrogens with zero attached hydrogens (tertiary/aromatic N) is 4. The van der Waals surface area contributed by atoms with E-state index in [2.05, 4.69) is 31.1 Å². The first kappa shape index (κ1) is 19.6. The van der Waals surface area contributed by atoms with Gasteiger partial charge in [-0.2, -0.15) is 0 Å². The molecule has 1 aromatic carbocycles. The topological polar surface area (TPSA) is 95.9 Å². The van der Waals surface area contributed by atoms with Crippen molar-refractivity contribution in [2.75, 3.05) is 7.11 Å². The molecule has 1 aliphatic carbocycles. The Hall–Kier alpha value is -2.74. The zero-order valence-corrected chi connectivity index (χ0v) is 17.7. The van der Waals surface area contributed by atoms with Gasteiger partial charge < -0.3 is 10.5 Å². The van der Waals surface area contributed by atoms with Gasteiger partial charge in [0.25, 0.3) is 0 Å². The summed E-state index contributed by atoms with van der Waals surface area (Å²) in [5.74, 6) is 1.92. The fraction of sp³-hybridized carbons (Fsp3) is 0.333. The number of aromatic nitrogens is 4. The molecule has 29 heavy (non-hydrogen) atoms. The summed E-state index contributed by atoms with van der Waals surface area (Å²) in [6, 6.07) is 11.7. The maximum atomic E-state index is 11.8. The van der Waals surface area contributed by atoms with Crippen LogP contribution < -0.4 is 10.5 Å². The van der Waals surface area contributed by atoms with Crippen LogP contribution in [0, 0.1) is 11.8 Å². The lowest BCUT2D eigenvalue weighted by Gasteiger charge is -2.17. The minimum atomic E-state index is -0.224. The fourth-order valence-corrected chi connectivity index (χ4v) is 4.29. The normalized spacial score (nSPS) is 18.7. The lowest BCUT2D eigenvalue weighted by Crippen LogP contribution is -2.27. The maximum absolute atomic E-state index is 11.8. The van der Waals surface area contributed by atoms with Crippen molar-refractivity contribution in [1.29, 1.82) is 0 Å². The molecule has 0 spiro atoms. The SMILES string of the molecule is COc1ccc(-n2c(CC3CCC[C@H]3C(N)=O)nnc2-c2ccc(Br)cc2)cn1. The lowest BCUT2D eigenvalue weighted by molar-refractivity contribution is -0.122. The molecule has 7 nitrogen and oxygen atoms in total. The summed E-state index contributed by atoms with van der Waals surface area (Å²) in [7, 11) is 1.59. The summed E-state index contributed by atoms with van der Waals surface area (Å²) in [6.07, 6.45) is 5.21. The first-order chi connectivity index (χ1) is 14.1. The summed E-state index contributed by atoms with van der Waals surface area (Å²) in [5.41, 5.74) is 7.41. The van der Waals surface area contributed by atoms with E-state index >= 15 is 0 Å². The summed E-state index contributed by atoms with van der Waals surface area (Å²) in [5, 5.41) is 8.95. The van der Waals surface area contributed by atoms with E-state index in [1.807, 2.05) is 41.0 Å². The number of nitrogens with two attached hydrogens (primary N) is 1. The van der Waals surface area contributed by atoms with Crippen LogP contribution in [0.3, 0.4) is 0 Å². The number of methoxy groups -OCH3 is 1. The molecule has 1 fully saturated rings. The van der Waals surface area contributed by atoms with Crippen molar-refractivity contribution in [2.24, 2.45) is 17.6 Å². The third-order valence-corrected chi connectivity index (χ3v) is 6.02. The van der Waals surface area contributed by atoms with Crippen molar-refractivity contribution in [3.05, 3.63) is 52.9 Å². The number of halogens is 1. The zero-order valence-electron chi connectivity index (χ0n) is 16.1. The van der Waals surface area contributed by atoms with E-state index in [0.29, 0.717) is 12.3 Å². The number of hydrogen-bond donors (Lipinski definition) is 1. The molecule has 1 unspecified atom stereocenters. The summed E-state index contributed by atoms with van der Waals surface area (Å²) in [6.45, 7) is 0. The van der Waals surface area contributed by atoms with Crippen molar-refractivity contribution in [2.45, 2.75) is 25.7 Å². The molecule has 2 atom stereocenters. The Morgan fingerprint density at radius 3 is 2.66 bits per heavy atom. The molecule has 1 aliphatic rings. The molecular weight excluding hydrogens is 434 g/mol. The zero-order chi connectivity index (χ0) is 20.4. The average Bonchev–Trinajstić information content (AvgIpc) is 3.36. The van der Waals surface area contributed by atoms with Gasteiger partial charge in [-0.1, -0.05) is 34.5 Å². The van der Waals surface area contributed by atoms with Crippen LogP contribution in [0.15, 0.2) is 47.1 Å². The molecule has 4 rings (SSSR count). The van der Waals surface area contributed by atoms with Gasteiger partial charge in [-0.15, -0.1) is 10.2 Å². The van der Waals surface area contributed by atoms with Gasteiger partial charge in [-0.05, 0) is 37.0 Å². The smallest absolute Gasteiger partial charge is 0.220 e. The van der Waals surface area contributed by atoms with E-state index in [9.17, 15) is 4.79 Å². The largest absolute Gasteiger partial charge is 0.481 e. The summed E-state index contributed by atoms with van der Waals surface area (Å²) in [4.78, 5) is 16.2. The number of pyridine rings is 1. The standard InChI is InChI=1S/C21H22BrN5O2/c1-29-19-10-9-16(12-24-19)27-18(11-14-3-2-4-17(14)20(23)28)25-26-21(27)13-5-7-15(22)8-6-13/h5-10,12,14,17H,2-4,11H2,1H3,(H2,23,28)/t14?,17-/m1/s1. The third kappa shape index (κ3) is 4.03. The van der Waals surface area contributed by atoms with Gasteiger partial charge in [0.15, 0.2) is 5.82 Å². The quantitative estimate of drug-likeness (QED) is 0.612. The Kier molecular flexibility index (Phi) is 5.62. The van der Waals surface area contributed by atoms with E-state index in [4.69, 9.17) is 10.5 Å². The number of amides is 1. The molecule has 1 amide bonds. The number of ether oxygens (including phenoxy) is 1. The van der Waals surface area contributed by atoms with Gasteiger partial charge in [-0.3, -0.25) is 9.36 Å². The Morgan fingerprint density at radius 1 is 1.21 bits per heavy atom. The van der Waals surface area contributed by atoms with Gasteiger partial charge in [0.2, 0.25) is 11.8 Å². The van der Waals surface area contributed by atoms with Crippen molar-refractivity contribution in [1.82, 2.24) is 19.7 Å². The Balaban J connectivity index is 1.76. The minimum absolute atomic E-state index is 0.106. The van der Waals surface area contributed by atoms with Gasteiger partial charge >= 0.3 is 0 Å². The predicted molar refractivity (Wildman–Crippen MR) is 113 cm³/mol. The van der Waals surface area contributed by atoms with Crippen LogP contribution in [0.2, 0.25) is 0 Å². The molecule has 0 bridgehead atoms. The van der Waals surface area contributed by atoms with Crippen molar-refractivity contribution < 1.29 is 9.53 Å². The highest BCUT2D eigenvalue weighted by Crippen LogP contribution is 2.35. The van der Waals surface area contributed by atoms with E-state index in [1.54, 1.807) is 13.3 Å². The van der Waals surface area contributed by atoms with Crippen LogP contribution in [0.25, 0.3) is 17.1 Å². The number of rotatable bonds is 6. The molecule has 2 heterocycles. The van der Waals surface area contributed by atoms with Crippen LogP contribution in [0.5, 0.6) is 5.88 Å². The molecule has 150 valence electrons. The monoisotopic (exact) mass is 455 g/mol. The molecule has 0 aliphatic heterocycles. The second-order valence-corrected chi connectivity index (χ2v) is 8.16. The van der Waals surface area contributed by atoms with Crippen molar-refractivity contribution >= 4 is 21.8 Å². The highest BCUT2D eigenvalue weighted by atomic mass is 79.9. The van der Waals surface area contributed by atoms with Crippen LogP contribution >= 0.6 is 15.9 Å². The molecular formula is C21H22BrN5O2. The third-order valence-electron chi connectivity index (χ3n) is 5.49. The number of hydrogen-bond acceptors (Lipinski definition) is 5. The van der Waals surface area contributed by atoms with E-state index in [-0.39, 0.29) is 17.7 Å². The molecule has 2 aromatic heterocycles. The number of carbonyl (C=O) groups is 1. The van der Waals surface area contributed by atoms with E-state index < -0.39 is 0 Å². The minimum Gasteiger partial charge on any atom is -0.481 e. The molecule has 0 saturated heterocycles. The van der Waals surface area contributed by atoms with Gasteiger partial charge in [-0.25, -0.2) is 4.98 Å². The second kappa shape index (κ2) is 8.32. The predicted octanol–water partition coefficient (Wildman–Crippen LogP) is 3.54. The fourth-order valence-electron chi connectivity index (χ4n) is 4.02. The highest BCUT2D eigenvalue weighted by Gasteiger charge is 2.33. The van der Waals surface area contributed by atoms with Crippen molar-refractivity contribution in [3.8, 4) is 23.0 Å². The summed E-state index contributed by atoms with van der Waals surface area (Å²) >= 11 is 3.47. The lowest BCUT2D eigenvalue weighted by atomic mass is 9.92. The van der Waals surface area contributed by atoms with Gasteiger partial charge in [0.1, 0.15) is 5.82 Å². The van der Waals surface area contributed by atoms with Crippen LogP contribution in [0.4, 0.5) is 0 Å². The first-order valence-corrected chi connectivity index (χ1v) is 10.4. The molecule has 8 heteroatoms. The highest BCUT2D eigenvalue weighted by molar-refractivity contribution is 9.10. The van der Waals surface area contributed by atoms with Crippen LogP contribution in [0.1, 0.15) is 25.1 Å². The second-order valence-electron chi connectivity index (χ2n) is 7.24. The van der Waals surface area contributed by atoms with Crippen LogP contribution in [-0.4, -0.2) is 32.8 Å². The maximum Gasteiger partial charge on any atom is 0.220 e. The average molecular weight is 456 g/mol. The molecule has 2 N–H and O–H groups in total.